The molecule has 452 valence electrons. The fourth-order valence-corrected chi connectivity index (χ4v) is 10.6. The van der Waals surface area contributed by atoms with Crippen molar-refractivity contribution in [2.75, 3.05) is 18.9 Å². The number of carbonyl (C=O) groups is 2. The molecule has 18 nitrogen and oxygen atoms in total. The van der Waals surface area contributed by atoms with Crippen LogP contribution in [-0.4, -0.2) is 79.1 Å². The SMILES string of the molecule is CC(C)(C#N)c1cccc(C(=O)Cc2ccc(F)c(Cc3ncccc3-c3ncnc4c3ncn4C3CCCCO3)c2F)c1.CC(C)(C#N)c1cccc(C(=O)O)c1.Nc1ccc(F)c(Cc2ncccc2-c2ncnc3c2ncn3C2CCCCO2)c1F. The molecule has 0 spiro atoms. The molecule has 0 aliphatic carbocycles. The Morgan fingerprint density at radius 3 is 1.57 bits per heavy atom. The van der Waals surface area contributed by atoms with Crippen LogP contribution >= 0.6 is 0 Å². The number of nitrogens with zero attached hydrogens (tertiary/aromatic N) is 12. The van der Waals surface area contributed by atoms with E-state index >= 15 is 8.78 Å². The first-order valence-corrected chi connectivity index (χ1v) is 28.8. The first-order chi connectivity index (χ1) is 42.9. The Labute approximate surface area is 509 Å². The number of benzene rings is 4. The van der Waals surface area contributed by atoms with Crippen LogP contribution in [0.3, 0.4) is 0 Å². The Hall–Kier alpha value is -10.2. The van der Waals surface area contributed by atoms with Crippen molar-refractivity contribution in [1.29, 1.82) is 10.5 Å². The van der Waals surface area contributed by atoms with E-state index in [1.165, 1.54) is 43.0 Å². The molecule has 12 rings (SSSR count). The summed E-state index contributed by atoms with van der Waals surface area (Å²) >= 11 is 0. The van der Waals surface area contributed by atoms with Gasteiger partial charge in [0, 0.05) is 72.7 Å². The van der Waals surface area contributed by atoms with Crippen molar-refractivity contribution >= 4 is 39.8 Å². The first-order valence-electron chi connectivity index (χ1n) is 28.8. The number of pyridine rings is 2. The standard InChI is InChI=1S/C34H30F2N6O2.C22H20F2N6O.C11H11NO2/c1-34(2,18-37)23-8-5-7-21(15-23)28(43)16-22-11-12-26(35)25(30(22)36)17-27-24(9-6-13-38-27)31-32-33(40-19-39-31)42(20-41-32)29-10-3-4-14-44-29;23-15-6-7-16(25)19(24)14(15)10-17-13(4-3-8-26-17)20-21-22(28-11-27-20)30(12-29-21)18-5-1-2-9-31-18;1-11(2,7-12)9-5-3-4-8(6-9)10(13)14/h5-9,11-13,15,19-20,29H,3-4,10,14,16-17H2,1-2H3;3-4,6-8,11-12,18H,1-2,5,9-10,25H2;3-6H,1-2H3,(H,13,14). The monoisotopic (exact) mass is 1200 g/mol. The predicted molar refractivity (Wildman–Crippen MR) is 323 cm³/mol. The molecular formula is C67H61F4N13O5. The zero-order valence-electron chi connectivity index (χ0n) is 49.2. The molecule has 6 aromatic heterocycles. The van der Waals surface area contributed by atoms with Gasteiger partial charge in [0.05, 0.1) is 58.3 Å². The van der Waals surface area contributed by atoms with Gasteiger partial charge in [0.25, 0.3) is 0 Å². The second-order valence-corrected chi connectivity index (χ2v) is 22.6. The van der Waals surface area contributed by atoms with E-state index < -0.39 is 40.1 Å². The lowest BCUT2D eigenvalue weighted by atomic mass is 9.85. The number of ketones is 1. The molecule has 22 heteroatoms. The van der Waals surface area contributed by atoms with E-state index in [0.717, 1.165) is 50.2 Å². The number of aromatic carboxylic acids is 1. The number of imidazole rings is 2. The van der Waals surface area contributed by atoms with Crippen LogP contribution in [0.4, 0.5) is 23.2 Å². The first kappa shape index (κ1) is 61.9. The van der Waals surface area contributed by atoms with Crippen molar-refractivity contribution in [3.63, 3.8) is 0 Å². The number of aromatic nitrogens is 10. The molecule has 0 bridgehead atoms. The van der Waals surface area contributed by atoms with E-state index in [1.54, 1.807) is 107 Å². The van der Waals surface area contributed by atoms with Crippen LogP contribution in [0.25, 0.3) is 44.8 Å². The third kappa shape index (κ3) is 13.5. The lowest BCUT2D eigenvalue weighted by molar-refractivity contribution is -0.0299. The van der Waals surface area contributed by atoms with Crippen LogP contribution in [-0.2, 0) is 39.6 Å². The molecule has 0 amide bonds. The van der Waals surface area contributed by atoms with E-state index in [4.69, 9.17) is 25.6 Å². The molecule has 2 aliphatic heterocycles. The van der Waals surface area contributed by atoms with Crippen molar-refractivity contribution in [1.82, 2.24) is 49.0 Å². The molecule has 8 heterocycles. The smallest absolute Gasteiger partial charge is 0.335 e. The Kier molecular flexibility index (Phi) is 18.7. The number of anilines is 1. The van der Waals surface area contributed by atoms with E-state index in [-0.39, 0.29) is 65.4 Å². The maximum atomic E-state index is 15.9. The second-order valence-electron chi connectivity index (χ2n) is 22.6. The molecule has 2 saturated heterocycles. The van der Waals surface area contributed by atoms with E-state index in [0.29, 0.717) is 80.6 Å². The maximum absolute atomic E-state index is 15.9. The number of carboxylic acid groups (broad SMARTS) is 1. The summed E-state index contributed by atoms with van der Waals surface area (Å²) in [6.45, 7) is 8.41. The topological polar surface area (TPSA) is 259 Å². The fourth-order valence-electron chi connectivity index (χ4n) is 10.6. The molecule has 3 N–H and O–H groups in total. The molecule has 2 atom stereocenters. The Morgan fingerprint density at radius 1 is 0.607 bits per heavy atom. The summed E-state index contributed by atoms with van der Waals surface area (Å²) in [6, 6.07) is 29.5. The Bertz CT molecular complexity index is 4350. The van der Waals surface area contributed by atoms with Crippen molar-refractivity contribution in [3.8, 4) is 34.7 Å². The van der Waals surface area contributed by atoms with Gasteiger partial charge in [-0.3, -0.25) is 23.9 Å². The number of nitrogens with two attached hydrogens (primary N) is 1. The van der Waals surface area contributed by atoms with Crippen LogP contribution in [0, 0.1) is 45.9 Å². The lowest BCUT2D eigenvalue weighted by Gasteiger charge is -2.23. The molecule has 2 aliphatic rings. The highest BCUT2D eigenvalue weighted by Crippen LogP contribution is 2.35. The lowest BCUT2D eigenvalue weighted by Crippen LogP contribution is -2.17. The summed E-state index contributed by atoms with van der Waals surface area (Å²) in [4.78, 5) is 59.6. The molecule has 4 aromatic carbocycles. The average molecular weight is 1200 g/mol. The Balaban J connectivity index is 0.000000167. The number of nitrogen functional groups attached to an aromatic ring is 1. The molecule has 2 unspecified atom stereocenters. The number of carboxylic acids is 1. The molecule has 2 fully saturated rings. The minimum atomic E-state index is -0.972. The largest absolute Gasteiger partial charge is 0.478 e. The van der Waals surface area contributed by atoms with E-state index in [1.807, 2.05) is 15.2 Å². The Morgan fingerprint density at radius 2 is 1.09 bits per heavy atom. The number of fused-ring (bicyclic) bond motifs is 2. The summed E-state index contributed by atoms with van der Waals surface area (Å²) in [6.07, 6.45) is 14.5. The highest BCUT2D eigenvalue weighted by Gasteiger charge is 2.27. The van der Waals surface area contributed by atoms with E-state index in [9.17, 15) is 23.6 Å². The van der Waals surface area contributed by atoms with Crippen molar-refractivity contribution < 1.29 is 41.7 Å². The van der Waals surface area contributed by atoms with Crippen LogP contribution in [0.1, 0.15) is 139 Å². The fraction of sp³-hybridized carbons (Fsp3) is 0.284. The second kappa shape index (κ2) is 26.8. The van der Waals surface area contributed by atoms with Crippen LogP contribution < -0.4 is 5.73 Å². The third-order valence-corrected chi connectivity index (χ3v) is 15.8. The molecule has 89 heavy (non-hydrogen) atoms. The molecule has 0 saturated carbocycles. The number of hydrogen-bond acceptors (Lipinski definition) is 15. The van der Waals surface area contributed by atoms with Crippen LogP contribution in [0.2, 0.25) is 0 Å². The van der Waals surface area contributed by atoms with Gasteiger partial charge in [0.1, 0.15) is 65.0 Å². The third-order valence-electron chi connectivity index (χ3n) is 15.8. The van der Waals surface area contributed by atoms with Gasteiger partial charge in [0.15, 0.2) is 22.9 Å². The number of Topliss-reactive ketones (excluding diaryl/α,β-unsaturated/α-hetero) is 1. The quantitative estimate of drug-likeness (QED) is 0.0582. The normalized spacial score (nSPS) is 15.0. The minimum absolute atomic E-state index is 0.0726. The van der Waals surface area contributed by atoms with Gasteiger partial charge in [-0.05, 0) is 144 Å². The van der Waals surface area contributed by atoms with Crippen molar-refractivity contribution in [3.05, 3.63) is 208 Å². The van der Waals surface area contributed by atoms with E-state index in [2.05, 4.69) is 52.0 Å². The minimum Gasteiger partial charge on any atom is -0.478 e. The summed E-state index contributed by atoms with van der Waals surface area (Å²) < 4.78 is 75.5. The summed E-state index contributed by atoms with van der Waals surface area (Å²) in [5, 5.41) is 27.1. The number of carbonyl (C=O) groups excluding carboxylic acids is 1. The van der Waals surface area contributed by atoms with Crippen molar-refractivity contribution in [2.24, 2.45) is 0 Å². The van der Waals surface area contributed by atoms with Crippen molar-refractivity contribution in [2.45, 2.75) is 109 Å². The summed E-state index contributed by atoms with van der Waals surface area (Å²) in [7, 11) is 0. The highest BCUT2D eigenvalue weighted by atomic mass is 19.1. The van der Waals surface area contributed by atoms with Gasteiger partial charge < -0.3 is 20.3 Å². The number of nitriles is 2. The van der Waals surface area contributed by atoms with Gasteiger partial charge in [-0.1, -0.05) is 36.4 Å². The van der Waals surface area contributed by atoms with Gasteiger partial charge in [-0.2, -0.15) is 10.5 Å². The molecule has 0 radical (unpaired) electrons. The number of ether oxygens (including phenoxy) is 2. The average Bonchev–Trinajstić information content (AvgIpc) is 2.29. The zero-order chi connectivity index (χ0) is 63.0. The number of halogens is 4. The molecular weight excluding hydrogens is 1140 g/mol. The van der Waals surface area contributed by atoms with Gasteiger partial charge >= 0.3 is 5.97 Å². The van der Waals surface area contributed by atoms with Crippen LogP contribution in [0.5, 0.6) is 0 Å². The predicted octanol–water partition coefficient (Wildman–Crippen LogP) is 12.9. The van der Waals surface area contributed by atoms with Gasteiger partial charge in [0.2, 0.25) is 0 Å². The van der Waals surface area contributed by atoms with Crippen LogP contribution in [0.15, 0.2) is 135 Å². The zero-order valence-corrected chi connectivity index (χ0v) is 49.2. The summed E-state index contributed by atoms with van der Waals surface area (Å²) in [5.41, 5.74) is 11.3. The summed E-state index contributed by atoms with van der Waals surface area (Å²) in [5.74, 6) is -4.29. The van der Waals surface area contributed by atoms with Gasteiger partial charge in [-0.15, -0.1) is 0 Å². The van der Waals surface area contributed by atoms with Gasteiger partial charge in [-0.25, -0.2) is 52.3 Å². The number of rotatable bonds is 14. The number of hydrogen-bond donors (Lipinski definition) is 2. The molecule has 10 aromatic rings. The maximum Gasteiger partial charge on any atom is 0.335 e. The highest BCUT2D eigenvalue weighted by molar-refractivity contribution is 5.98.